The molecule has 2 heteroatoms. The fourth-order valence-electron chi connectivity index (χ4n) is 2.05. The Balaban J connectivity index is 4.57. The van der Waals surface area contributed by atoms with Gasteiger partial charge in [-0.3, -0.25) is 0 Å². The largest absolute Gasteiger partial charge is 0.313 e. The SMILES string of the molecule is CCC(C)CC(C)(C)N(O)C(C)(C)CC. The molecule has 1 atom stereocenters. The van der Waals surface area contributed by atoms with E-state index < -0.39 is 0 Å². The Labute approximate surface area is 95.6 Å². The second-order valence-electron chi connectivity index (χ2n) is 6.01. The predicted octanol–water partition coefficient (Wildman–Crippen LogP) is 4.08. The molecule has 0 rings (SSSR count). The van der Waals surface area contributed by atoms with Crippen LogP contribution in [0.25, 0.3) is 0 Å². The van der Waals surface area contributed by atoms with Gasteiger partial charge in [0.2, 0.25) is 0 Å². The van der Waals surface area contributed by atoms with Crippen LogP contribution >= 0.6 is 0 Å². The minimum absolute atomic E-state index is 0.142. The van der Waals surface area contributed by atoms with Crippen LogP contribution in [0.3, 0.4) is 0 Å². The standard InChI is InChI=1S/C13H29NO/c1-8-11(3)10-13(6,7)14(15)12(4,5)9-2/h11,15H,8-10H2,1-7H3. The molecule has 15 heavy (non-hydrogen) atoms. The van der Waals surface area contributed by atoms with E-state index in [0.717, 1.165) is 12.8 Å². The number of rotatable bonds is 6. The average molecular weight is 215 g/mol. The third-order valence-electron chi connectivity index (χ3n) is 3.56. The predicted molar refractivity (Wildman–Crippen MR) is 66.1 cm³/mol. The summed E-state index contributed by atoms with van der Waals surface area (Å²) in [6, 6.07) is 0. The molecule has 0 saturated heterocycles. The van der Waals surface area contributed by atoms with E-state index in [4.69, 9.17) is 0 Å². The topological polar surface area (TPSA) is 23.5 Å². The summed E-state index contributed by atoms with van der Waals surface area (Å²) >= 11 is 0. The third kappa shape index (κ3) is 4.12. The van der Waals surface area contributed by atoms with Crippen LogP contribution in [0.2, 0.25) is 0 Å². The highest BCUT2D eigenvalue weighted by molar-refractivity contribution is 4.87. The van der Waals surface area contributed by atoms with Crippen molar-refractivity contribution in [3.8, 4) is 0 Å². The van der Waals surface area contributed by atoms with Gasteiger partial charge in [0.25, 0.3) is 0 Å². The molecule has 0 fully saturated rings. The maximum absolute atomic E-state index is 10.3. The number of nitrogens with zero attached hydrogens (tertiary/aromatic N) is 1. The van der Waals surface area contributed by atoms with Gasteiger partial charge < -0.3 is 5.21 Å². The zero-order valence-electron chi connectivity index (χ0n) is 11.6. The van der Waals surface area contributed by atoms with Crippen molar-refractivity contribution >= 4 is 0 Å². The van der Waals surface area contributed by atoms with Crippen LogP contribution in [0.15, 0.2) is 0 Å². The van der Waals surface area contributed by atoms with Crippen LogP contribution in [-0.2, 0) is 0 Å². The summed E-state index contributed by atoms with van der Waals surface area (Å²) < 4.78 is 0. The molecular formula is C13H29NO. The smallest absolute Gasteiger partial charge is 0.0412 e. The highest BCUT2D eigenvalue weighted by atomic mass is 16.5. The zero-order chi connectivity index (χ0) is 12.3. The number of hydrogen-bond donors (Lipinski definition) is 1. The van der Waals surface area contributed by atoms with Crippen molar-refractivity contribution < 1.29 is 5.21 Å². The lowest BCUT2D eigenvalue weighted by molar-refractivity contribution is -0.228. The Hall–Kier alpha value is -0.0800. The summed E-state index contributed by atoms with van der Waals surface area (Å²) in [6.07, 6.45) is 3.15. The molecule has 0 saturated carbocycles. The second kappa shape index (κ2) is 5.31. The Kier molecular flexibility index (Phi) is 5.28. The van der Waals surface area contributed by atoms with Gasteiger partial charge in [0.05, 0.1) is 0 Å². The monoisotopic (exact) mass is 215 g/mol. The summed E-state index contributed by atoms with van der Waals surface area (Å²) in [5, 5.41) is 11.8. The first kappa shape index (κ1) is 14.9. The van der Waals surface area contributed by atoms with Gasteiger partial charge >= 0.3 is 0 Å². The molecule has 0 aromatic rings. The van der Waals surface area contributed by atoms with Crippen molar-refractivity contribution in [2.75, 3.05) is 0 Å². The van der Waals surface area contributed by atoms with Crippen molar-refractivity contribution in [2.24, 2.45) is 5.92 Å². The molecule has 92 valence electrons. The number of hydrogen-bond acceptors (Lipinski definition) is 2. The molecule has 0 amide bonds. The highest BCUT2D eigenvalue weighted by Gasteiger charge is 2.36. The van der Waals surface area contributed by atoms with Crippen molar-refractivity contribution in [3.05, 3.63) is 0 Å². The van der Waals surface area contributed by atoms with Crippen LogP contribution in [0.4, 0.5) is 0 Å². The first-order valence-electron chi connectivity index (χ1n) is 6.16. The Bertz CT molecular complexity index is 187. The molecule has 0 aliphatic heterocycles. The molecule has 0 aliphatic carbocycles. The maximum atomic E-state index is 10.3. The zero-order valence-corrected chi connectivity index (χ0v) is 11.6. The van der Waals surface area contributed by atoms with Crippen molar-refractivity contribution in [3.63, 3.8) is 0 Å². The molecule has 1 unspecified atom stereocenters. The molecule has 0 radical (unpaired) electrons. The van der Waals surface area contributed by atoms with E-state index in [2.05, 4.69) is 48.5 Å². The second-order valence-corrected chi connectivity index (χ2v) is 6.01. The molecule has 0 spiro atoms. The molecule has 1 N–H and O–H groups in total. The lowest BCUT2D eigenvalue weighted by Crippen LogP contribution is -2.53. The lowest BCUT2D eigenvalue weighted by Gasteiger charge is -2.44. The summed E-state index contributed by atoms with van der Waals surface area (Å²) in [5.74, 6) is 0.655. The molecular weight excluding hydrogens is 186 g/mol. The van der Waals surface area contributed by atoms with Gasteiger partial charge in [-0.1, -0.05) is 27.2 Å². The Morgan fingerprint density at radius 3 is 1.87 bits per heavy atom. The first-order valence-corrected chi connectivity index (χ1v) is 6.16. The van der Waals surface area contributed by atoms with Crippen LogP contribution in [0, 0.1) is 5.92 Å². The Morgan fingerprint density at radius 2 is 1.53 bits per heavy atom. The van der Waals surface area contributed by atoms with Gasteiger partial charge in [-0.2, -0.15) is 5.06 Å². The van der Waals surface area contributed by atoms with Crippen LogP contribution in [0.1, 0.15) is 67.7 Å². The van der Waals surface area contributed by atoms with Gasteiger partial charge in [0.1, 0.15) is 0 Å². The first-order chi connectivity index (χ1) is 6.67. The fourth-order valence-corrected chi connectivity index (χ4v) is 2.05. The van der Waals surface area contributed by atoms with Crippen LogP contribution in [-0.4, -0.2) is 21.3 Å². The van der Waals surface area contributed by atoms with Gasteiger partial charge in [-0.05, 0) is 46.5 Å². The maximum Gasteiger partial charge on any atom is 0.0412 e. The molecule has 0 aromatic heterocycles. The van der Waals surface area contributed by atoms with Gasteiger partial charge in [0.15, 0.2) is 0 Å². The van der Waals surface area contributed by atoms with E-state index in [0.29, 0.717) is 5.92 Å². The van der Waals surface area contributed by atoms with Crippen molar-refractivity contribution in [1.29, 1.82) is 0 Å². The van der Waals surface area contributed by atoms with E-state index >= 15 is 0 Å². The summed E-state index contributed by atoms with van der Waals surface area (Å²) in [7, 11) is 0. The minimum atomic E-state index is -0.144. The summed E-state index contributed by atoms with van der Waals surface area (Å²) in [6.45, 7) is 15.0. The highest BCUT2D eigenvalue weighted by Crippen LogP contribution is 2.31. The van der Waals surface area contributed by atoms with Crippen LogP contribution < -0.4 is 0 Å². The van der Waals surface area contributed by atoms with Gasteiger partial charge in [-0.15, -0.1) is 0 Å². The average Bonchev–Trinajstić information content (AvgIpc) is 2.15. The summed E-state index contributed by atoms with van der Waals surface area (Å²) in [4.78, 5) is 0. The Morgan fingerprint density at radius 1 is 1.07 bits per heavy atom. The van der Waals surface area contributed by atoms with Gasteiger partial charge in [0, 0.05) is 11.1 Å². The van der Waals surface area contributed by atoms with E-state index in [1.54, 1.807) is 5.06 Å². The van der Waals surface area contributed by atoms with E-state index in [1.807, 2.05) is 0 Å². The fraction of sp³-hybridized carbons (Fsp3) is 1.00. The minimum Gasteiger partial charge on any atom is -0.313 e. The molecule has 0 aliphatic rings. The van der Waals surface area contributed by atoms with Crippen LogP contribution in [0.5, 0.6) is 0 Å². The van der Waals surface area contributed by atoms with Gasteiger partial charge in [-0.25, -0.2) is 0 Å². The van der Waals surface area contributed by atoms with E-state index in [9.17, 15) is 5.21 Å². The molecule has 0 bridgehead atoms. The van der Waals surface area contributed by atoms with Crippen molar-refractivity contribution in [1.82, 2.24) is 5.06 Å². The summed E-state index contributed by atoms with van der Waals surface area (Å²) in [5.41, 5.74) is -0.286. The third-order valence-corrected chi connectivity index (χ3v) is 3.56. The lowest BCUT2D eigenvalue weighted by atomic mass is 9.86. The van der Waals surface area contributed by atoms with E-state index in [-0.39, 0.29) is 11.1 Å². The van der Waals surface area contributed by atoms with E-state index in [1.165, 1.54) is 6.42 Å². The quantitative estimate of drug-likeness (QED) is 0.675. The molecule has 2 nitrogen and oxygen atoms in total. The number of hydroxylamine groups is 2. The van der Waals surface area contributed by atoms with Crippen molar-refractivity contribution in [2.45, 2.75) is 78.8 Å². The molecule has 0 heterocycles. The molecule has 0 aromatic carbocycles. The normalized spacial score (nSPS) is 15.8.